The van der Waals surface area contributed by atoms with Crippen LogP contribution in [0.4, 0.5) is 4.79 Å². The Morgan fingerprint density at radius 1 is 1.32 bits per heavy atom. The third kappa shape index (κ3) is 3.01. The first kappa shape index (κ1) is 14.2. The predicted octanol–water partition coefficient (Wildman–Crippen LogP) is 4.17. The van der Waals surface area contributed by atoms with Crippen molar-refractivity contribution in [2.45, 2.75) is 26.3 Å². The zero-order valence-electron chi connectivity index (χ0n) is 10.7. The zero-order valence-corrected chi connectivity index (χ0v) is 12.3. The molecular weight excluding hydrogens is 282 g/mol. The van der Waals surface area contributed by atoms with Gasteiger partial charge in [-0.2, -0.15) is 0 Å². The lowest BCUT2D eigenvalue weighted by Gasteiger charge is -2.19. The molecule has 0 aromatic heterocycles. The fourth-order valence-corrected chi connectivity index (χ4v) is 2.81. The minimum absolute atomic E-state index is 0.0661. The first-order chi connectivity index (χ1) is 9.02. The lowest BCUT2D eigenvalue weighted by molar-refractivity contribution is -0.124. The van der Waals surface area contributed by atoms with Crippen LogP contribution in [0.3, 0.4) is 0 Å². The molecule has 1 fully saturated rings. The highest BCUT2D eigenvalue weighted by molar-refractivity contribution is 8.18. The number of nitrogens with zero attached hydrogens (tertiary/aromatic N) is 1. The van der Waals surface area contributed by atoms with E-state index in [2.05, 4.69) is 0 Å². The molecule has 0 spiro atoms. The molecule has 0 aliphatic carbocycles. The largest absolute Gasteiger partial charge is 0.293 e. The van der Waals surface area contributed by atoms with Gasteiger partial charge in [-0.15, -0.1) is 0 Å². The quantitative estimate of drug-likeness (QED) is 0.785. The van der Waals surface area contributed by atoms with Gasteiger partial charge in [0.25, 0.3) is 11.1 Å². The van der Waals surface area contributed by atoms with E-state index in [0.29, 0.717) is 9.93 Å². The van der Waals surface area contributed by atoms with Gasteiger partial charge in [0, 0.05) is 11.1 Å². The fourth-order valence-electron chi connectivity index (χ4n) is 1.75. The van der Waals surface area contributed by atoms with Crippen LogP contribution in [0.1, 0.15) is 25.8 Å². The number of hydrogen-bond donors (Lipinski definition) is 0. The van der Waals surface area contributed by atoms with Gasteiger partial charge in [-0.25, -0.2) is 0 Å². The molecule has 2 amide bonds. The summed E-state index contributed by atoms with van der Waals surface area (Å²) in [5.74, 6) is -0.209. The molecular formula is C14H14ClNO2S. The smallest absolute Gasteiger partial charge is 0.268 e. The molecule has 0 bridgehead atoms. The summed E-state index contributed by atoms with van der Waals surface area (Å²) >= 11 is 6.80. The number of amides is 2. The summed E-state index contributed by atoms with van der Waals surface area (Å²) in [5, 5.41) is 0.449. The van der Waals surface area contributed by atoms with Crippen LogP contribution in [0.5, 0.6) is 0 Å². The van der Waals surface area contributed by atoms with E-state index in [4.69, 9.17) is 11.6 Å². The second-order valence-electron chi connectivity index (χ2n) is 4.36. The SMILES string of the molecule is CC[C@@H](C)N1C(=O)S/C(=C/c2ccc(Cl)cc2)C1=O. The second-order valence-corrected chi connectivity index (χ2v) is 5.79. The van der Waals surface area contributed by atoms with Gasteiger partial charge in [0.2, 0.25) is 0 Å². The highest BCUT2D eigenvalue weighted by Gasteiger charge is 2.37. The Kier molecular flexibility index (Phi) is 4.32. The number of rotatable bonds is 3. The fraction of sp³-hybridized carbons (Fsp3) is 0.286. The van der Waals surface area contributed by atoms with E-state index in [1.807, 2.05) is 26.0 Å². The maximum Gasteiger partial charge on any atom is 0.293 e. The van der Waals surface area contributed by atoms with Gasteiger partial charge in [-0.3, -0.25) is 14.5 Å². The maximum atomic E-state index is 12.2. The van der Waals surface area contributed by atoms with Gasteiger partial charge in [0.1, 0.15) is 0 Å². The molecule has 0 saturated carbocycles. The average Bonchev–Trinajstić information content (AvgIpc) is 2.66. The Morgan fingerprint density at radius 3 is 2.53 bits per heavy atom. The molecule has 1 aliphatic heterocycles. The van der Waals surface area contributed by atoms with Crippen molar-refractivity contribution in [2.75, 3.05) is 0 Å². The molecule has 1 saturated heterocycles. The van der Waals surface area contributed by atoms with E-state index in [-0.39, 0.29) is 17.2 Å². The summed E-state index contributed by atoms with van der Waals surface area (Å²) in [7, 11) is 0. The molecule has 2 rings (SSSR count). The van der Waals surface area contributed by atoms with Gasteiger partial charge in [-0.05, 0) is 48.9 Å². The molecule has 19 heavy (non-hydrogen) atoms. The number of carbonyl (C=O) groups excluding carboxylic acids is 2. The van der Waals surface area contributed by atoms with Crippen LogP contribution in [0, 0.1) is 0 Å². The molecule has 1 aromatic rings. The number of hydrogen-bond acceptors (Lipinski definition) is 3. The Labute approximate surface area is 121 Å². The summed E-state index contributed by atoms with van der Waals surface area (Å²) in [6.45, 7) is 3.83. The highest BCUT2D eigenvalue weighted by atomic mass is 35.5. The van der Waals surface area contributed by atoms with Gasteiger partial charge in [0.05, 0.1) is 4.91 Å². The van der Waals surface area contributed by atoms with E-state index >= 15 is 0 Å². The lowest BCUT2D eigenvalue weighted by Crippen LogP contribution is -2.36. The first-order valence-corrected chi connectivity index (χ1v) is 7.25. The van der Waals surface area contributed by atoms with Crippen LogP contribution in [-0.2, 0) is 4.79 Å². The van der Waals surface area contributed by atoms with Crippen LogP contribution >= 0.6 is 23.4 Å². The summed E-state index contributed by atoms with van der Waals surface area (Å²) < 4.78 is 0. The molecule has 0 radical (unpaired) electrons. The van der Waals surface area contributed by atoms with Crippen molar-refractivity contribution >= 4 is 40.6 Å². The summed E-state index contributed by atoms with van der Waals surface area (Å²) in [4.78, 5) is 25.8. The number of carbonyl (C=O) groups is 2. The molecule has 100 valence electrons. The normalized spacial score (nSPS) is 19.3. The van der Waals surface area contributed by atoms with Crippen molar-refractivity contribution in [3.63, 3.8) is 0 Å². The molecule has 5 heteroatoms. The molecule has 0 N–H and O–H groups in total. The number of halogens is 1. The molecule has 1 atom stereocenters. The Morgan fingerprint density at radius 2 is 1.95 bits per heavy atom. The molecule has 1 heterocycles. The lowest BCUT2D eigenvalue weighted by atomic mass is 10.2. The Bertz CT molecular complexity index is 539. The van der Waals surface area contributed by atoms with Crippen molar-refractivity contribution in [1.82, 2.24) is 4.90 Å². The molecule has 0 unspecified atom stereocenters. The van der Waals surface area contributed by atoms with Crippen LogP contribution in [-0.4, -0.2) is 22.1 Å². The van der Waals surface area contributed by atoms with Crippen LogP contribution in [0.2, 0.25) is 5.02 Å². The van der Waals surface area contributed by atoms with E-state index in [1.165, 1.54) is 4.90 Å². The van der Waals surface area contributed by atoms with Crippen molar-refractivity contribution in [2.24, 2.45) is 0 Å². The van der Waals surface area contributed by atoms with E-state index in [9.17, 15) is 9.59 Å². The minimum Gasteiger partial charge on any atom is -0.268 e. The molecule has 1 aromatic carbocycles. The van der Waals surface area contributed by atoms with Crippen molar-refractivity contribution in [3.8, 4) is 0 Å². The third-order valence-corrected chi connectivity index (χ3v) is 4.16. The average molecular weight is 296 g/mol. The third-order valence-electron chi connectivity index (χ3n) is 3.02. The van der Waals surface area contributed by atoms with Crippen LogP contribution in [0.15, 0.2) is 29.2 Å². The maximum absolute atomic E-state index is 12.2. The summed E-state index contributed by atoms with van der Waals surface area (Å²) in [6.07, 6.45) is 2.48. The highest BCUT2D eigenvalue weighted by Crippen LogP contribution is 2.34. The van der Waals surface area contributed by atoms with E-state index in [0.717, 1.165) is 23.7 Å². The summed E-state index contributed by atoms with van der Waals surface area (Å²) in [5.41, 5.74) is 0.860. The van der Waals surface area contributed by atoms with Gasteiger partial charge >= 0.3 is 0 Å². The Balaban J connectivity index is 2.25. The van der Waals surface area contributed by atoms with Gasteiger partial charge < -0.3 is 0 Å². The van der Waals surface area contributed by atoms with Crippen LogP contribution < -0.4 is 0 Å². The monoisotopic (exact) mass is 295 g/mol. The topological polar surface area (TPSA) is 37.4 Å². The number of benzene rings is 1. The number of thioether (sulfide) groups is 1. The standard InChI is InChI=1S/C14H14ClNO2S/c1-3-9(2)16-13(17)12(19-14(16)18)8-10-4-6-11(15)7-5-10/h4-9H,3H2,1-2H3/b12-8+/t9-/m1/s1. The van der Waals surface area contributed by atoms with Gasteiger partial charge in [-0.1, -0.05) is 30.7 Å². The first-order valence-electron chi connectivity index (χ1n) is 6.05. The molecule has 3 nitrogen and oxygen atoms in total. The van der Waals surface area contributed by atoms with Gasteiger partial charge in [0.15, 0.2) is 0 Å². The van der Waals surface area contributed by atoms with Crippen LogP contribution in [0.25, 0.3) is 6.08 Å². The Hall–Kier alpha value is -1.26. The zero-order chi connectivity index (χ0) is 14.0. The van der Waals surface area contributed by atoms with Crippen molar-refractivity contribution < 1.29 is 9.59 Å². The van der Waals surface area contributed by atoms with E-state index in [1.54, 1.807) is 18.2 Å². The molecule has 1 aliphatic rings. The second kappa shape index (κ2) is 5.80. The van der Waals surface area contributed by atoms with Crippen molar-refractivity contribution in [1.29, 1.82) is 0 Å². The van der Waals surface area contributed by atoms with Crippen molar-refractivity contribution in [3.05, 3.63) is 39.8 Å². The minimum atomic E-state index is -0.209. The number of imide groups is 1. The summed E-state index contributed by atoms with van der Waals surface area (Å²) in [6, 6.07) is 7.08. The van der Waals surface area contributed by atoms with E-state index < -0.39 is 0 Å². The predicted molar refractivity (Wildman–Crippen MR) is 79.0 cm³/mol.